The summed E-state index contributed by atoms with van der Waals surface area (Å²) in [5.74, 6) is -1.86. The third-order valence-electron chi connectivity index (χ3n) is 6.16. The SMILES string of the molecule is CN1CCN(c2cc3c(cc2F)c(=O)c(C(=O)O)cn3-c2ccc3ccccc3c2)CC1.CS(=O)(=O)O. The van der Waals surface area contributed by atoms with E-state index in [-0.39, 0.29) is 5.39 Å². The van der Waals surface area contributed by atoms with Gasteiger partial charge < -0.3 is 19.5 Å². The van der Waals surface area contributed by atoms with E-state index in [2.05, 4.69) is 4.90 Å². The summed E-state index contributed by atoms with van der Waals surface area (Å²) in [5, 5.41) is 11.7. The molecule has 5 rings (SSSR count). The van der Waals surface area contributed by atoms with E-state index < -0.39 is 32.9 Å². The van der Waals surface area contributed by atoms with Gasteiger partial charge in [-0.05, 0) is 42.1 Å². The zero-order valence-corrected chi connectivity index (χ0v) is 21.1. The number of carbonyl (C=O) groups is 1. The van der Waals surface area contributed by atoms with E-state index in [0.29, 0.717) is 36.2 Å². The first kappa shape index (κ1) is 26.3. The Balaban J connectivity index is 0.000000586. The number of aromatic nitrogens is 1. The molecule has 2 N–H and O–H groups in total. The second-order valence-corrected chi connectivity index (χ2v) is 10.4. The van der Waals surface area contributed by atoms with Gasteiger partial charge in [-0.25, -0.2) is 9.18 Å². The Kier molecular flexibility index (Phi) is 7.30. The highest BCUT2D eigenvalue weighted by Gasteiger charge is 2.22. The summed E-state index contributed by atoms with van der Waals surface area (Å²) in [4.78, 5) is 28.8. The van der Waals surface area contributed by atoms with Crippen molar-refractivity contribution >= 4 is 43.5 Å². The molecule has 1 fully saturated rings. The van der Waals surface area contributed by atoms with Crippen molar-refractivity contribution < 1.29 is 27.3 Å². The lowest BCUT2D eigenvalue weighted by molar-refractivity contribution is 0.0695. The van der Waals surface area contributed by atoms with E-state index in [1.807, 2.05) is 54.4 Å². The average Bonchev–Trinajstić information content (AvgIpc) is 2.83. The minimum absolute atomic E-state index is 0.0495. The maximum Gasteiger partial charge on any atom is 0.341 e. The topological polar surface area (TPSA) is 120 Å². The fraction of sp³-hybridized carbons (Fsp3) is 0.231. The van der Waals surface area contributed by atoms with Gasteiger partial charge in [-0.1, -0.05) is 30.3 Å². The monoisotopic (exact) mass is 527 g/mol. The van der Waals surface area contributed by atoms with Gasteiger partial charge in [0.15, 0.2) is 0 Å². The predicted molar refractivity (Wildman–Crippen MR) is 141 cm³/mol. The van der Waals surface area contributed by atoms with Crippen molar-refractivity contribution in [2.24, 2.45) is 0 Å². The number of aromatic carboxylic acids is 1. The molecular weight excluding hydrogens is 501 g/mol. The molecule has 2 heterocycles. The zero-order chi connectivity index (χ0) is 26.9. The molecule has 9 nitrogen and oxygen atoms in total. The summed E-state index contributed by atoms with van der Waals surface area (Å²) in [6, 6.07) is 16.4. The number of pyridine rings is 1. The fourth-order valence-electron chi connectivity index (χ4n) is 4.32. The molecule has 0 amide bonds. The maximum atomic E-state index is 15.1. The number of hydrogen-bond acceptors (Lipinski definition) is 6. The van der Waals surface area contributed by atoms with Crippen LogP contribution in [0.2, 0.25) is 0 Å². The molecule has 0 saturated carbocycles. The van der Waals surface area contributed by atoms with E-state index in [0.717, 1.165) is 23.9 Å². The molecule has 11 heteroatoms. The number of benzene rings is 3. The standard InChI is InChI=1S/C25H22FN3O3.CH4O3S/c1-27-8-10-28(11-9-27)23-14-22-19(13-21(23)26)24(30)20(25(31)32)15-29(22)18-7-6-16-4-2-3-5-17(16)12-18;1-5(2,3)4/h2-7,12-15H,8-11H2,1H3,(H,31,32);1H3,(H,2,3,4). The van der Waals surface area contributed by atoms with Gasteiger partial charge in [0.25, 0.3) is 10.1 Å². The Hall–Kier alpha value is -3.80. The van der Waals surface area contributed by atoms with Crippen LogP contribution in [0.4, 0.5) is 10.1 Å². The van der Waals surface area contributed by atoms with Gasteiger partial charge in [-0.3, -0.25) is 9.35 Å². The van der Waals surface area contributed by atoms with Gasteiger partial charge in [0, 0.05) is 43.4 Å². The highest BCUT2D eigenvalue weighted by molar-refractivity contribution is 7.85. The lowest BCUT2D eigenvalue weighted by Gasteiger charge is -2.34. The Bertz CT molecular complexity index is 1650. The van der Waals surface area contributed by atoms with Gasteiger partial charge in [0.05, 0.1) is 17.5 Å². The number of nitrogens with zero attached hydrogens (tertiary/aromatic N) is 3. The van der Waals surface area contributed by atoms with Crippen LogP contribution in [-0.4, -0.2) is 73.0 Å². The quantitative estimate of drug-likeness (QED) is 0.390. The van der Waals surface area contributed by atoms with Crippen LogP contribution >= 0.6 is 0 Å². The molecule has 1 aliphatic rings. The first-order chi connectivity index (χ1) is 17.4. The van der Waals surface area contributed by atoms with Gasteiger partial charge in [-0.2, -0.15) is 8.42 Å². The van der Waals surface area contributed by atoms with Crippen molar-refractivity contribution in [3.8, 4) is 5.69 Å². The van der Waals surface area contributed by atoms with Crippen molar-refractivity contribution in [1.29, 1.82) is 0 Å². The van der Waals surface area contributed by atoms with E-state index in [9.17, 15) is 23.1 Å². The minimum atomic E-state index is -3.67. The Morgan fingerprint density at radius 3 is 2.22 bits per heavy atom. The molecule has 0 atom stereocenters. The molecule has 1 saturated heterocycles. The van der Waals surface area contributed by atoms with Crippen molar-refractivity contribution in [3.05, 3.63) is 82.4 Å². The summed E-state index contributed by atoms with van der Waals surface area (Å²) < 4.78 is 42.6. The van der Waals surface area contributed by atoms with Gasteiger partial charge in [0.2, 0.25) is 5.43 Å². The minimum Gasteiger partial charge on any atom is -0.477 e. The number of halogens is 1. The first-order valence-electron chi connectivity index (χ1n) is 11.4. The summed E-state index contributed by atoms with van der Waals surface area (Å²) in [7, 11) is -1.64. The molecule has 194 valence electrons. The third-order valence-corrected chi connectivity index (χ3v) is 6.16. The summed E-state index contributed by atoms with van der Waals surface area (Å²) in [5.41, 5.74) is 0.520. The first-order valence-corrected chi connectivity index (χ1v) is 13.2. The highest BCUT2D eigenvalue weighted by Crippen LogP contribution is 2.29. The van der Waals surface area contributed by atoms with E-state index in [4.69, 9.17) is 4.55 Å². The lowest BCUT2D eigenvalue weighted by Crippen LogP contribution is -2.44. The number of carboxylic acid groups (broad SMARTS) is 1. The van der Waals surface area contributed by atoms with Crippen LogP contribution in [-0.2, 0) is 10.1 Å². The van der Waals surface area contributed by atoms with Crippen LogP contribution in [0.3, 0.4) is 0 Å². The maximum absolute atomic E-state index is 15.1. The molecule has 1 aliphatic heterocycles. The zero-order valence-electron chi connectivity index (χ0n) is 20.3. The van der Waals surface area contributed by atoms with Gasteiger partial charge in [-0.15, -0.1) is 0 Å². The van der Waals surface area contributed by atoms with Crippen molar-refractivity contribution in [2.75, 3.05) is 44.4 Å². The molecule has 0 unspecified atom stereocenters. The molecule has 0 aliphatic carbocycles. The molecule has 4 aromatic rings. The molecule has 0 spiro atoms. The van der Waals surface area contributed by atoms with Crippen LogP contribution in [0.25, 0.3) is 27.4 Å². The van der Waals surface area contributed by atoms with Crippen molar-refractivity contribution in [2.45, 2.75) is 0 Å². The Morgan fingerprint density at radius 2 is 1.59 bits per heavy atom. The van der Waals surface area contributed by atoms with Crippen molar-refractivity contribution in [1.82, 2.24) is 9.47 Å². The van der Waals surface area contributed by atoms with Crippen LogP contribution in [0, 0.1) is 5.82 Å². The van der Waals surface area contributed by atoms with Crippen LogP contribution < -0.4 is 10.3 Å². The normalized spacial score (nSPS) is 14.4. The Labute approximate surface area is 212 Å². The smallest absolute Gasteiger partial charge is 0.341 e. The molecule has 0 radical (unpaired) electrons. The number of rotatable bonds is 3. The number of piperazine rings is 1. The number of fused-ring (bicyclic) bond motifs is 2. The van der Waals surface area contributed by atoms with Gasteiger partial charge >= 0.3 is 5.97 Å². The molecular formula is C26H26FN3O6S. The van der Waals surface area contributed by atoms with Crippen molar-refractivity contribution in [3.63, 3.8) is 0 Å². The predicted octanol–water partition coefficient (Wildman–Crippen LogP) is 3.24. The van der Waals surface area contributed by atoms with Crippen LogP contribution in [0.1, 0.15) is 10.4 Å². The summed E-state index contributed by atoms with van der Waals surface area (Å²) in [6.45, 7) is 2.97. The van der Waals surface area contributed by atoms with E-state index in [1.54, 1.807) is 10.6 Å². The Morgan fingerprint density at radius 1 is 0.973 bits per heavy atom. The van der Waals surface area contributed by atoms with Gasteiger partial charge in [0.1, 0.15) is 11.4 Å². The number of likely N-dealkylation sites (N-methyl/N-ethyl adjacent to an activating group) is 1. The second kappa shape index (κ2) is 10.3. The van der Waals surface area contributed by atoms with Crippen LogP contribution in [0.5, 0.6) is 0 Å². The summed E-state index contributed by atoms with van der Waals surface area (Å²) in [6.07, 6.45) is 2.05. The fourth-order valence-corrected chi connectivity index (χ4v) is 4.32. The molecule has 1 aromatic heterocycles. The number of carboxylic acids is 1. The largest absolute Gasteiger partial charge is 0.477 e. The third kappa shape index (κ3) is 5.96. The highest BCUT2D eigenvalue weighted by atomic mass is 32.2. The summed E-state index contributed by atoms with van der Waals surface area (Å²) >= 11 is 0. The number of anilines is 1. The molecule has 0 bridgehead atoms. The molecule has 37 heavy (non-hydrogen) atoms. The number of hydrogen-bond donors (Lipinski definition) is 2. The lowest BCUT2D eigenvalue weighted by atomic mass is 10.1. The van der Waals surface area contributed by atoms with Crippen LogP contribution in [0.15, 0.2) is 65.6 Å². The second-order valence-electron chi connectivity index (χ2n) is 8.92. The molecule has 3 aromatic carbocycles. The van der Waals surface area contributed by atoms with E-state index in [1.165, 1.54) is 12.3 Å². The average molecular weight is 528 g/mol. The van der Waals surface area contributed by atoms with E-state index >= 15 is 4.39 Å².